The molecule has 0 atom stereocenters. The fraction of sp³-hybridized carbons (Fsp3) is 0.462. The number of alkyl halides is 1. The zero-order valence-corrected chi connectivity index (χ0v) is 11.4. The first-order valence-electron chi connectivity index (χ1n) is 5.61. The van der Waals surface area contributed by atoms with Crippen LogP contribution in [0.15, 0.2) is 18.2 Å². The summed E-state index contributed by atoms with van der Waals surface area (Å²) in [6, 6.07) is 4.10. The summed E-state index contributed by atoms with van der Waals surface area (Å²) in [6.07, 6.45) is 3.35. The maximum atomic E-state index is 13.2. The lowest BCUT2D eigenvalue weighted by atomic mass is 10.0. The van der Waals surface area contributed by atoms with Crippen molar-refractivity contribution in [2.75, 3.05) is 12.4 Å². The van der Waals surface area contributed by atoms with Crippen molar-refractivity contribution in [1.29, 1.82) is 0 Å². The summed E-state index contributed by atoms with van der Waals surface area (Å²) in [4.78, 5) is 11.8. The fourth-order valence-electron chi connectivity index (χ4n) is 1.54. The summed E-state index contributed by atoms with van der Waals surface area (Å²) in [5.74, 6) is -0.0839. The molecular formula is C13H16BrFO2. The first kappa shape index (κ1) is 14.2. The molecule has 4 heteroatoms. The van der Waals surface area contributed by atoms with Gasteiger partial charge >= 0.3 is 0 Å². The second kappa shape index (κ2) is 7.43. The molecule has 17 heavy (non-hydrogen) atoms. The van der Waals surface area contributed by atoms with Gasteiger partial charge in [-0.25, -0.2) is 4.39 Å². The number of hydrogen-bond donors (Lipinski definition) is 0. The number of benzene rings is 1. The van der Waals surface area contributed by atoms with E-state index in [1.807, 2.05) is 0 Å². The van der Waals surface area contributed by atoms with Crippen molar-refractivity contribution < 1.29 is 13.9 Å². The summed E-state index contributed by atoms with van der Waals surface area (Å²) in [7, 11) is 1.46. The van der Waals surface area contributed by atoms with E-state index < -0.39 is 5.82 Å². The Morgan fingerprint density at radius 3 is 2.71 bits per heavy atom. The fourth-order valence-corrected chi connectivity index (χ4v) is 1.94. The lowest BCUT2D eigenvalue weighted by molar-refractivity contribution is 0.0978. The molecule has 0 saturated heterocycles. The van der Waals surface area contributed by atoms with Gasteiger partial charge in [0.1, 0.15) is 11.6 Å². The Bertz CT molecular complexity index is 380. The second-order valence-electron chi connectivity index (χ2n) is 3.80. The largest absolute Gasteiger partial charge is 0.497 e. The molecular weight excluding hydrogens is 287 g/mol. The average molecular weight is 303 g/mol. The summed E-state index contributed by atoms with van der Waals surface area (Å²) in [6.45, 7) is 0. The van der Waals surface area contributed by atoms with Crippen LogP contribution in [-0.4, -0.2) is 18.2 Å². The summed E-state index contributed by atoms with van der Waals surface area (Å²) >= 11 is 3.34. The van der Waals surface area contributed by atoms with Gasteiger partial charge in [0, 0.05) is 23.4 Å². The van der Waals surface area contributed by atoms with Crippen LogP contribution in [0.25, 0.3) is 0 Å². The molecule has 0 unspecified atom stereocenters. The van der Waals surface area contributed by atoms with Gasteiger partial charge < -0.3 is 4.74 Å². The summed E-state index contributed by atoms with van der Waals surface area (Å²) in [5, 5.41) is 0.953. The molecule has 1 aromatic carbocycles. The molecule has 2 nitrogen and oxygen atoms in total. The third-order valence-corrected chi connectivity index (χ3v) is 3.03. The van der Waals surface area contributed by atoms with Gasteiger partial charge in [-0.2, -0.15) is 0 Å². The number of methoxy groups -OCH3 is 1. The molecule has 0 saturated carbocycles. The minimum Gasteiger partial charge on any atom is -0.497 e. The van der Waals surface area contributed by atoms with Crippen LogP contribution in [0, 0.1) is 5.82 Å². The highest BCUT2D eigenvalue weighted by atomic mass is 79.9. The molecule has 0 aliphatic rings. The zero-order valence-electron chi connectivity index (χ0n) is 9.84. The van der Waals surface area contributed by atoms with Crippen LogP contribution >= 0.6 is 15.9 Å². The molecule has 0 aliphatic carbocycles. The number of ether oxygens (including phenoxy) is 1. The molecule has 0 aromatic heterocycles. The number of carbonyl (C=O) groups excluding carboxylic acids is 1. The molecule has 0 bridgehead atoms. The Balaban J connectivity index is 2.59. The number of Topliss-reactive ketones (excluding diaryl/α,β-unsaturated/α-hetero) is 1. The molecule has 0 radical (unpaired) electrons. The Morgan fingerprint density at radius 1 is 1.29 bits per heavy atom. The second-order valence-corrected chi connectivity index (χ2v) is 4.60. The first-order chi connectivity index (χ1) is 8.17. The number of carbonyl (C=O) groups is 1. The molecule has 0 heterocycles. The molecule has 1 aromatic rings. The highest BCUT2D eigenvalue weighted by Crippen LogP contribution is 2.18. The van der Waals surface area contributed by atoms with Gasteiger partial charge in [-0.3, -0.25) is 4.79 Å². The van der Waals surface area contributed by atoms with E-state index in [9.17, 15) is 9.18 Å². The predicted molar refractivity (Wildman–Crippen MR) is 69.5 cm³/mol. The molecule has 0 N–H and O–H groups in total. The van der Waals surface area contributed by atoms with Crippen molar-refractivity contribution in [2.24, 2.45) is 0 Å². The van der Waals surface area contributed by atoms with E-state index in [0.717, 1.165) is 24.6 Å². The number of halogens is 2. The van der Waals surface area contributed by atoms with Crippen molar-refractivity contribution >= 4 is 21.7 Å². The van der Waals surface area contributed by atoms with Crippen molar-refractivity contribution in [1.82, 2.24) is 0 Å². The first-order valence-corrected chi connectivity index (χ1v) is 6.73. The predicted octanol–water partition coefficient (Wildman–Crippen LogP) is 3.97. The minimum absolute atomic E-state index is 0.0302. The Hall–Kier alpha value is -0.900. The van der Waals surface area contributed by atoms with Gasteiger partial charge in [0.2, 0.25) is 0 Å². The minimum atomic E-state index is -0.437. The SMILES string of the molecule is COc1cc(F)cc(C(=O)CCCCCBr)c1. The van der Waals surface area contributed by atoms with E-state index in [2.05, 4.69) is 15.9 Å². The quantitative estimate of drug-likeness (QED) is 0.433. The highest BCUT2D eigenvalue weighted by molar-refractivity contribution is 9.09. The summed E-state index contributed by atoms with van der Waals surface area (Å²) in [5.41, 5.74) is 0.390. The van der Waals surface area contributed by atoms with E-state index in [1.54, 1.807) is 6.07 Å². The van der Waals surface area contributed by atoms with Gasteiger partial charge in [0.25, 0.3) is 0 Å². The standard InChI is InChI=1S/C13H16BrFO2/c1-17-12-8-10(7-11(15)9-12)13(16)5-3-2-4-6-14/h7-9H,2-6H2,1H3. The van der Waals surface area contributed by atoms with E-state index >= 15 is 0 Å². The molecule has 0 fully saturated rings. The van der Waals surface area contributed by atoms with Crippen LogP contribution in [0.1, 0.15) is 36.0 Å². The third-order valence-electron chi connectivity index (χ3n) is 2.47. The van der Waals surface area contributed by atoms with Crippen LogP contribution in [0.2, 0.25) is 0 Å². The van der Waals surface area contributed by atoms with E-state index in [4.69, 9.17) is 4.74 Å². The number of unbranched alkanes of at least 4 members (excludes halogenated alkanes) is 2. The number of hydrogen-bond acceptors (Lipinski definition) is 2. The maximum absolute atomic E-state index is 13.2. The van der Waals surface area contributed by atoms with Gasteiger partial charge in [-0.1, -0.05) is 22.4 Å². The summed E-state index contributed by atoms with van der Waals surface area (Å²) < 4.78 is 18.1. The number of rotatable bonds is 7. The van der Waals surface area contributed by atoms with Crippen molar-refractivity contribution in [3.05, 3.63) is 29.6 Å². The lowest BCUT2D eigenvalue weighted by Gasteiger charge is -2.04. The highest BCUT2D eigenvalue weighted by Gasteiger charge is 2.09. The van der Waals surface area contributed by atoms with Crippen molar-refractivity contribution in [3.8, 4) is 5.75 Å². The van der Waals surface area contributed by atoms with E-state index in [0.29, 0.717) is 17.7 Å². The molecule has 0 aliphatic heterocycles. The average Bonchev–Trinajstić information content (AvgIpc) is 2.33. The monoisotopic (exact) mass is 302 g/mol. The van der Waals surface area contributed by atoms with Crippen LogP contribution in [0.5, 0.6) is 5.75 Å². The van der Waals surface area contributed by atoms with Gasteiger partial charge in [-0.05, 0) is 25.0 Å². The van der Waals surface area contributed by atoms with E-state index in [1.165, 1.54) is 19.2 Å². The van der Waals surface area contributed by atoms with Crippen LogP contribution in [0.3, 0.4) is 0 Å². The van der Waals surface area contributed by atoms with Crippen LogP contribution in [0.4, 0.5) is 4.39 Å². The van der Waals surface area contributed by atoms with Crippen LogP contribution < -0.4 is 4.74 Å². The van der Waals surface area contributed by atoms with Crippen molar-refractivity contribution in [3.63, 3.8) is 0 Å². The van der Waals surface area contributed by atoms with Crippen LogP contribution in [-0.2, 0) is 0 Å². The normalized spacial score (nSPS) is 10.3. The van der Waals surface area contributed by atoms with Gasteiger partial charge in [0.15, 0.2) is 5.78 Å². The van der Waals surface area contributed by atoms with Gasteiger partial charge in [-0.15, -0.1) is 0 Å². The van der Waals surface area contributed by atoms with Gasteiger partial charge in [0.05, 0.1) is 7.11 Å². The molecule has 1 rings (SSSR count). The molecule has 94 valence electrons. The molecule has 0 amide bonds. The zero-order chi connectivity index (χ0) is 12.7. The van der Waals surface area contributed by atoms with E-state index in [-0.39, 0.29) is 5.78 Å². The Kier molecular flexibility index (Phi) is 6.19. The number of ketones is 1. The Labute approximate surface area is 109 Å². The smallest absolute Gasteiger partial charge is 0.163 e. The maximum Gasteiger partial charge on any atom is 0.163 e. The topological polar surface area (TPSA) is 26.3 Å². The third kappa shape index (κ3) is 4.86. The Morgan fingerprint density at radius 2 is 2.06 bits per heavy atom. The lowest BCUT2D eigenvalue weighted by Crippen LogP contribution is -2.00. The molecule has 0 spiro atoms. The van der Waals surface area contributed by atoms with Crippen molar-refractivity contribution in [2.45, 2.75) is 25.7 Å².